The zero-order valence-electron chi connectivity index (χ0n) is 30.0. The molecular formula is C37H52N4O8. The SMILES string of the molecule is CC(=O)N[C@@H](CC(=O)OC(C)(C)C)C(=O)N[C@@H](CCc1ccccc1)C(=O)NCc1cc(OC2CCN(C(=O)OC(C)(C)C)C2)ccc1C. The molecule has 1 heterocycles. The zero-order chi connectivity index (χ0) is 36.4. The van der Waals surface area contributed by atoms with Gasteiger partial charge in [0.25, 0.3) is 0 Å². The summed E-state index contributed by atoms with van der Waals surface area (Å²) >= 11 is 0. The first-order valence-electron chi connectivity index (χ1n) is 16.7. The van der Waals surface area contributed by atoms with Crippen LogP contribution in [0.5, 0.6) is 5.75 Å². The molecular weight excluding hydrogens is 628 g/mol. The van der Waals surface area contributed by atoms with Crippen molar-refractivity contribution in [2.75, 3.05) is 13.1 Å². The molecule has 0 radical (unpaired) electrons. The van der Waals surface area contributed by atoms with Gasteiger partial charge in [0.15, 0.2) is 0 Å². The van der Waals surface area contributed by atoms with E-state index in [-0.39, 0.29) is 25.2 Å². The van der Waals surface area contributed by atoms with Crippen molar-refractivity contribution < 1.29 is 38.2 Å². The topological polar surface area (TPSA) is 152 Å². The molecule has 4 amide bonds. The molecule has 12 heteroatoms. The van der Waals surface area contributed by atoms with Crippen molar-refractivity contribution >= 4 is 29.8 Å². The number of carbonyl (C=O) groups is 5. The van der Waals surface area contributed by atoms with E-state index in [0.29, 0.717) is 31.7 Å². The molecule has 0 saturated carbocycles. The molecule has 1 unspecified atom stereocenters. The summed E-state index contributed by atoms with van der Waals surface area (Å²) in [7, 11) is 0. The summed E-state index contributed by atoms with van der Waals surface area (Å²) in [6.45, 7) is 14.9. The lowest BCUT2D eigenvalue weighted by Gasteiger charge is -2.25. The quantitative estimate of drug-likeness (QED) is 0.264. The molecule has 3 atom stereocenters. The summed E-state index contributed by atoms with van der Waals surface area (Å²) in [6.07, 6.45) is 0.479. The fourth-order valence-corrected chi connectivity index (χ4v) is 5.23. The van der Waals surface area contributed by atoms with Crippen LogP contribution in [0.25, 0.3) is 0 Å². The number of amides is 4. The first kappa shape index (κ1) is 38.8. The molecule has 268 valence electrons. The molecule has 3 rings (SSSR count). The molecule has 1 aliphatic heterocycles. The maximum Gasteiger partial charge on any atom is 0.410 e. The number of aryl methyl sites for hydroxylation is 2. The van der Waals surface area contributed by atoms with Crippen LogP contribution < -0.4 is 20.7 Å². The van der Waals surface area contributed by atoms with Crippen LogP contribution in [-0.4, -0.2) is 77.2 Å². The van der Waals surface area contributed by atoms with Crippen molar-refractivity contribution in [3.63, 3.8) is 0 Å². The number of carbonyl (C=O) groups excluding carboxylic acids is 5. The molecule has 12 nitrogen and oxygen atoms in total. The fraction of sp³-hybridized carbons (Fsp3) is 0.541. The molecule has 1 aliphatic rings. The Kier molecular flexibility index (Phi) is 13.6. The highest BCUT2D eigenvalue weighted by Gasteiger charge is 2.32. The van der Waals surface area contributed by atoms with Crippen LogP contribution in [0.2, 0.25) is 0 Å². The van der Waals surface area contributed by atoms with Gasteiger partial charge in [-0.1, -0.05) is 36.4 Å². The van der Waals surface area contributed by atoms with E-state index >= 15 is 0 Å². The van der Waals surface area contributed by atoms with E-state index in [1.165, 1.54) is 6.92 Å². The highest BCUT2D eigenvalue weighted by atomic mass is 16.6. The Morgan fingerprint density at radius 2 is 1.55 bits per heavy atom. The molecule has 0 aromatic heterocycles. The molecule has 2 aromatic rings. The van der Waals surface area contributed by atoms with E-state index < -0.39 is 53.4 Å². The lowest BCUT2D eigenvalue weighted by Crippen LogP contribution is -2.54. The van der Waals surface area contributed by atoms with Crippen molar-refractivity contribution in [3.05, 3.63) is 65.2 Å². The number of likely N-dealkylation sites (tertiary alicyclic amines) is 1. The van der Waals surface area contributed by atoms with E-state index in [1.807, 2.05) is 76.2 Å². The molecule has 2 aromatic carbocycles. The molecule has 1 fully saturated rings. The van der Waals surface area contributed by atoms with Crippen molar-refractivity contribution in [1.29, 1.82) is 0 Å². The van der Waals surface area contributed by atoms with E-state index in [0.717, 1.165) is 16.7 Å². The van der Waals surface area contributed by atoms with Gasteiger partial charge in [-0.05, 0) is 90.1 Å². The van der Waals surface area contributed by atoms with Crippen LogP contribution in [0.1, 0.15) is 84.4 Å². The first-order chi connectivity index (χ1) is 22.9. The van der Waals surface area contributed by atoms with Crippen LogP contribution in [0.15, 0.2) is 48.5 Å². The van der Waals surface area contributed by atoms with Crippen LogP contribution in [-0.2, 0) is 41.6 Å². The van der Waals surface area contributed by atoms with Crippen LogP contribution >= 0.6 is 0 Å². The highest BCUT2D eigenvalue weighted by molar-refractivity contribution is 5.94. The first-order valence-corrected chi connectivity index (χ1v) is 16.7. The van der Waals surface area contributed by atoms with E-state index in [2.05, 4.69) is 16.0 Å². The lowest BCUT2D eigenvalue weighted by atomic mass is 10.0. The second kappa shape index (κ2) is 17.2. The summed E-state index contributed by atoms with van der Waals surface area (Å²) in [4.78, 5) is 65.6. The van der Waals surface area contributed by atoms with Gasteiger partial charge in [0.1, 0.15) is 35.1 Å². The zero-order valence-corrected chi connectivity index (χ0v) is 30.0. The number of nitrogens with zero attached hydrogens (tertiary/aromatic N) is 1. The third kappa shape index (κ3) is 13.8. The summed E-state index contributed by atoms with van der Waals surface area (Å²) < 4.78 is 17.0. The van der Waals surface area contributed by atoms with Gasteiger partial charge in [-0.3, -0.25) is 19.2 Å². The van der Waals surface area contributed by atoms with Gasteiger partial charge in [0.2, 0.25) is 17.7 Å². The third-order valence-electron chi connectivity index (χ3n) is 7.56. The minimum absolute atomic E-state index is 0.168. The molecule has 1 saturated heterocycles. The second-order valence-corrected chi connectivity index (χ2v) is 14.4. The van der Waals surface area contributed by atoms with Gasteiger partial charge >= 0.3 is 12.1 Å². The van der Waals surface area contributed by atoms with Crippen molar-refractivity contribution in [2.45, 2.75) is 117 Å². The third-order valence-corrected chi connectivity index (χ3v) is 7.56. The Hall–Kier alpha value is -4.61. The largest absolute Gasteiger partial charge is 0.489 e. The van der Waals surface area contributed by atoms with Gasteiger partial charge < -0.3 is 35.1 Å². The number of nitrogens with one attached hydrogen (secondary N) is 3. The minimum atomic E-state index is -1.22. The lowest BCUT2D eigenvalue weighted by molar-refractivity contribution is -0.156. The second-order valence-electron chi connectivity index (χ2n) is 14.4. The number of rotatable bonds is 13. The van der Waals surface area contributed by atoms with Crippen molar-refractivity contribution in [2.24, 2.45) is 0 Å². The summed E-state index contributed by atoms with van der Waals surface area (Å²) in [5, 5.41) is 8.21. The summed E-state index contributed by atoms with van der Waals surface area (Å²) in [5.41, 5.74) is 1.39. The van der Waals surface area contributed by atoms with Crippen LogP contribution in [0, 0.1) is 6.92 Å². The standard InChI is InChI=1S/C37H52N4O8/c1-24-14-16-28(47-29-18-19-41(23-29)35(46)49-37(6,7)8)20-27(24)22-38-33(44)30(17-15-26-12-10-9-11-13-26)40-34(45)31(39-25(2)42)21-32(43)48-36(3,4)5/h9-14,16,20,29-31H,15,17-19,21-23H2,1-8H3,(H,38,44)(H,39,42)(H,40,45)/t29?,30-,31-/m0/s1. The normalized spacial score (nSPS) is 15.8. The molecule has 49 heavy (non-hydrogen) atoms. The van der Waals surface area contributed by atoms with Gasteiger partial charge in [0, 0.05) is 26.4 Å². The average Bonchev–Trinajstić information content (AvgIpc) is 3.46. The average molecular weight is 681 g/mol. The Morgan fingerprint density at radius 3 is 2.18 bits per heavy atom. The van der Waals surface area contributed by atoms with Crippen LogP contribution in [0.4, 0.5) is 4.79 Å². The molecule has 0 aliphatic carbocycles. The predicted octanol–water partition coefficient (Wildman–Crippen LogP) is 4.35. The van der Waals surface area contributed by atoms with Gasteiger partial charge in [-0.25, -0.2) is 4.79 Å². The molecule has 0 spiro atoms. The van der Waals surface area contributed by atoms with E-state index in [9.17, 15) is 24.0 Å². The number of benzene rings is 2. The Bertz CT molecular complexity index is 1460. The number of hydrogen-bond donors (Lipinski definition) is 3. The van der Waals surface area contributed by atoms with Crippen LogP contribution in [0.3, 0.4) is 0 Å². The number of ether oxygens (including phenoxy) is 3. The van der Waals surface area contributed by atoms with Crippen molar-refractivity contribution in [3.8, 4) is 5.75 Å². The Balaban J connectivity index is 1.69. The molecule has 0 bridgehead atoms. The number of esters is 1. The van der Waals surface area contributed by atoms with Gasteiger partial charge in [-0.2, -0.15) is 0 Å². The summed E-state index contributed by atoms with van der Waals surface area (Å²) in [6, 6.07) is 13.0. The molecule has 3 N–H and O–H groups in total. The van der Waals surface area contributed by atoms with E-state index in [4.69, 9.17) is 14.2 Å². The fourth-order valence-electron chi connectivity index (χ4n) is 5.23. The summed E-state index contributed by atoms with van der Waals surface area (Å²) in [5.74, 6) is -1.63. The smallest absolute Gasteiger partial charge is 0.410 e. The minimum Gasteiger partial charge on any atom is -0.489 e. The predicted molar refractivity (Wildman–Crippen MR) is 185 cm³/mol. The number of hydrogen-bond acceptors (Lipinski definition) is 8. The maximum absolute atomic E-state index is 13.6. The monoisotopic (exact) mass is 680 g/mol. The highest BCUT2D eigenvalue weighted by Crippen LogP contribution is 2.23. The van der Waals surface area contributed by atoms with E-state index in [1.54, 1.807) is 25.7 Å². The van der Waals surface area contributed by atoms with Gasteiger partial charge in [0.05, 0.1) is 13.0 Å². The maximum atomic E-state index is 13.6. The van der Waals surface area contributed by atoms with Crippen molar-refractivity contribution in [1.82, 2.24) is 20.9 Å². The Morgan fingerprint density at radius 1 is 0.878 bits per heavy atom. The Labute approximate surface area is 289 Å². The van der Waals surface area contributed by atoms with Gasteiger partial charge in [-0.15, -0.1) is 0 Å².